The fraction of sp³-hybridized carbons (Fsp3) is 1.00. The second kappa shape index (κ2) is 13.1. The number of hydroxylamine groups is 2. The van der Waals surface area contributed by atoms with E-state index in [9.17, 15) is 8.42 Å². The Hall–Kier alpha value is -0.130. The van der Waals surface area contributed by atoms with Crippen molar-refractivity contribution in [3.05, 3.63) is 0 Å². The largest absolute Gasteiger partial charge is 0.286 e. The molecule has 0 bridgehead atoms. The Morgan fingerprint density at radius 3 is 1.75 bits per heavy atom. The van der Waals surface area contributed by atoms with Gasteiger partial charge in [-0.25, -0.2) is 0 Å². The summed E-state index contributed by atoms with van der Waals surface area (Å²) in [6, 6.07) is 0. The number of hydrogen-bond donors (Lipinski definition) is 0. The predicted octanol–water partition coefficient (Wildman–Crippen LogP) is 5.43. The second-order valence-corrected chi connectivity index (χ2v) is 9.01. The summed E-state index contributed by atoms with van der Waals surface area (Å²) in [5.41, 5.74) is 0. The molecule has 1 aliphatic rings. The Labute approximate surface area is 150 Å². The molecule has 4 nitrogen and oxygen atoms in total. The highest BCUT2D eigenvalue weighted by Gasteiger charge is 2.29. The first-order valence-corrected chi connectivity index (χ1v) is 11.8. The van der Waals surface area contributed by atoms with E-state index < -0.39 is 10.1 Å². The van der Waals surface area contributed by atoms with Crippen LogP contribution in [-0.4, -0.2) is 31.8 Å². The van der Waals surface area contributed by atoms with Crippen LogP contribution in [0.4, 0.5) is 0 Å². The summed E-state index contributed by atoms with van der Waals surface area (Å²) < 4.78 is 29.6. The van der Waals surface area contributed by atoms with Gasteiger partial charge >= 0.3 is 0 Å². The van der Waals surface area contributed by atoms with Gasteiger partial charge in [0.2, 0.25) is 0 Å². The molecular formula is C19H39NO3S. The average Bonchev–Trinajstić information content (AvgIpc) is 2.52. The third kappa shape index (κ3) is 9.38. The Balaban J connectivity index is 2.00. The maximum atomic E-state index is 12.2. The zero-order chi connectivity index (χ0) is 17.7. The Bertz CT molecular complexity index is 393. The molecule has 0 saturated carbocycles. The lowest BCUT2D eigenvalue weighted by Crippen LogP contribution is -2.41. The van der Waals surface area contributed by atoms with Crippen molar-refractivity contribution in [3.8, 4) is 0 Å². The van der Waals surface area contributed by atoms with E-state index >= 15 is 0 Å². The zero-order valence-corrected chi connectivity index (χ0v) is 16.8. The second-order valence-electron chi connectivity index (χ2n) is 7.20. The van der Waals surface area contributed by atoms with Crippen LogP contribution in [0, 0.1) is 0 Å². The van der Waals surface area contributed by atoms with Gasteiger partial charge in [0.05, 0.1) is 5.25 Å². The van der Waals surface area contributed by atoms with Crippen molar-refractivity contribution < 1.29 is 12.7 Å². The van der Waals surface area contributed by atoms with Gasteiger partial charge < -0.3 is 0 Å². The van der Waals surface area contributed by atoms with Gasteiger partial charge in [0.15, 0.2) is 0 Å². The van der Waals surface area contributed by atoms with Crippen molar-refractivity contribution in [1.82, 2.24) is 5.06 Å². The van der Waals surface area contributed by atoms with Crippen LogP contribution >= 0.6 is 0 Å². The molecule has 24 heavy (non-hydrogen) atoms. The van der Waals surface area contributed by atoms with Crippen LogP contribution in [0.15, 0.2) is 0 Å². The Morgan fingerprint density at radius 2 is 1.33 bits per heavy atom. The fourth-order valence-corrected chi connectivity index (χ4v) is 4.59. The molecule has 1 heterocycles. The first-order valence-electron chi connectivity index (χ1n) is 10.3. The average molecular weight is 362 g/mol. The molecule has 1 aliphatic heterocycles. The Morgan fingerprint density at radius 1 is 0.833 bits per heavy atom. The molecule has 1 rings (SSSR count). The quantitative estimate of drug-likeness (QED) is 0.344. The minimum Gasteiger partial charge on any atom is -0.198 e. The molecular weight excluding hydrogens is 322 g/mol. The molecule has 0 aromatic rings. The first kappa shape index (κ1) is 21.9. The summed E-state index contributed by atoms with van der Waals surface area (Å²) in [5.74, 6) is 0. The van der Waals surface area contributed by atoms with Gasteiger partial charge in [0, 0.05) is 13.1 Å². The third-order valence-corrected chi connectivity index (χ3v) is 6.82. The number of nitrogens with zero attached hydrogens (tertiary/aromatic N) is 1. The van der Waals surface area contributed by atoms with Crippen LogP contribution in [0.3, 0.4) is 0 Å². The van der Waals surface area contributed by atoms with Crippen LogP contribution in [0.5, 0.6) is 0 Å². The molecule has 0 N–H and O–H groups in total. The molecule has 1 atom stereocenters. The lowest BCUT2D eigenvalue weighted by atomic mass is 10.0. The summed E-state index contributed by atoms with van der Waals surface area (Å²) in [4.78, 5) is 0. The number of hydrogen-bond acceptors (Lipinski definition) is 4. The predicted molar refractivity (Wildman–Crippen MR) is 101 cm³/mol. The minimum absolute atomic E-state index is 0.336. The lowest BCUT2D eigenvalue weighted by molar-refractivity contribution is -0.102. The van der Waals surface area contributed by atoms with E-state index in [1.807, 2.05) is 6.92 Å². The molecule has 0 spiro atoms. The molecule has 0 aliphatic carbocycles. The van der Waals surface area contributed by atoms with Gasteiger partial charge in [-0.2, -0.15) is 17.8 Å². The van der Waals surface area contributed by atoms with E-state index in [-0.39, 0.29) is 5.25 Å². The number of rotatable bonds is 16. The molecule has 0 aromatic heterocycles. The number of unbranched alkanes of at least 4 members (excludes halogenated alkanes) is 10. The summed E-state index contributed by atoms with van der Waals surface area (Å²) in [5, 5.41) is 1.23. The minimum atomic E-state index is -3.42. The van der Waals surface area contributed by atoms with Crippen molar-refractivity contribution in [3.63, 3.8) is 0 Å². The monoisotopic (exact) mass is 361 g/mol. The van der Waals surface area contributed by atoms with Crippen LogP contribution < -0.4 is 0 Å². The van der Waals surface area contributed by atoms with Crippen LogP contribution in [0.25, 0.3) is 0 Å². The highest BCUT2D eigenvalue weighted by molar-refractivity contribution is 7.87. The van der Waals surface area contributed by atoms with Crippen molar-refractivity contribution in [2.75, 3.05) is 13.1 Å². The van der Waals surface area contributed by atoms with E-state index in [1.165, 1.54) is 57.8 Å². The first-order chi connectivity index (χ1) is 11.6. The van der Waals surface area contributed by atoms with Crippen LogP contribution in [0.2, 0.25) is 0 Å². The zero-order valence-electron chi connectivity index (χ0n) is 16.0. The van der Waals surface area contributed by atoms with Gasteiger partial charge in [-0.1, -0.05) is 84.5 Å². The van der Waals surface area contributed by atoms with E-state index in [2.05, 4.69) is 6.92 Å². The van der Waals surface area contributed by atoms with Crippen molar-refractivity contribution in [2.24, 2.45) is 0 Å². The third-order valence-electron chi connectivity index (χ3n) is 5.02. The summed E-state index contributed by atoms with van der Waals surface area (Å²) in [6.07, 6.45) is 16.6. The van der Waals surface area contributed by atoms with Gasteiger partial charge in [-0.05, 0) is 19.3 Å². The molecule has 1 unspecified atom stereocenters. The highest BCUT2D eigenvalue weighted by Crippen LogP contribution is 2.20. The standard InChI is InChI=1S/C19H39NO3S/c1-3-5-6-7-8-9-10-11-12-13-14-16-19(4-2)24(21,22)23-20-17-15-18-20/h19H,3-18H2,1-2H3. The van der Waals surface area contributed by atoms with Gasteiger partial charge in [-0.15, -0.1) is 0 Å². The highest BCUT2D eigenvalue weighted by atomic mass is 32.2. The molecule has 144 valence electrons. The van der Waals surface area contributed by atoms with E-state index in [1.54, 1.807) is 5.06 Å². The van der Waals surface area contributed by atoms with E-state index in [4.69, 9.17) is 4.28 Å². The molecule has 0 radical (unpaired) electrons. The molecule has 0 amide bonds. The molecule has 1 saturated heterocycles. The van der Waals surface area contributed by atoms with Crippen molar-refractivity contribution in [2.45, 2.75) is 109 Å². The maximum absolute atomic E-state index is 12.2. The van der Waals surface area contributed by atoms with Gasteiger partial charge in [0.1, 0.15) is 0 Å². The summed E-state index contributed by atoms with van der Waals surface area (Å²) in [7, 11) is -3.42. The van der Waals surface area contributed by atoms with Gasteiger partial charge in [-0.3, -0.25) is 0 Å². The van der Waals surface area contributed by atoms with Crippen LogP contribution in [-0.2, 0) is 14.4 Å². The normalized spacial score (nSPS) is 16.9. The van der Waals surface area contributed by atoms with E-state index in [0.717, 1.165) is 38.8 Å². The Kier molecular flexibility index (Phi) is 12.0. The molecule has 5 heteroatoms. The van der Waals surface area contributed by atoms with E-state index in [0.29, 0.717) is 6.42 Å². The lowest BCUT2D eigenvalue weighted by Gasteiger charge is -2.30. The fourth-order valence-electron chi connectivity index (χ4n) is 3.16. The smallest absolute Gasteiger partial charge is 0.198 e. The van der Waals surface area contributed by atoms with Crippen molar-refractivity contribution in [1.29, 1.82) is 0 Å². The maximum Gasteiger partial charge on any atom is 0.286 e. The van der Waals surface area contributed by atoms with Gasteiger partial charge in [0.25, 0.3) is 10.1 Å². The summed E-state index contributed by atoms with van der Waals surface area (Å²) in [6.45, 7) is 5.69. The summed E-state index contributed by atoms with van der Waals surface area (Å²) >= 11 is 0. The van der Waals surface area contributed by atoms with Crippen molar-refractivity contribution >= 4 is 10.1 Å². The van der Waals surface area contributed by atoms with Crippen LogP contribution in [0.1, 0.15) is 104 Å². The topological polar surface area (TPSA) is 46.6 Å². The molecule has 0 aromatic carbocycles. The SMILES string of the molecule is CCCCCCCCCCCCCC(CC)S(=O)(=O)ON1CCC1. The molecule has 1 fully saturated rings.